The molecule has 0 saturated heterocycles. The lowest BCUT2D eigenvalue weighted by atomic mass is 10.0. The smallest absolute Gasteiger partial charge is 0.420 e. The zero-order valence-electron chi connectivity index (χ0n) is 67.6. The highest BCUT2D eigenvalue weighted by molar-refractivity contribution is 9.10. The summed E-state index contributed by atoms with van der Waals surface area (Å²) < 4.78 is 59.7. The van der Waals surface area contributed by atoms with E-state index in [1.165, 1.54) is 21.7 Å². The number of nitrogens with zero attached hydrogens (tertiary/aromatic N) is 7. The highest BCUT2D eigenvalue weighted by Gasteiger charge is 2.25. The maximum atomic E-state index is 12.7. The number of nitro benzene ring substituents is 1. The molecule has 0 aliphatic rings. The Hall–Kier alpha value is -15.3. The molecule has 0 spiro atoms. The number of hydrogen-bond acceptors (Lipinski definition) is 16. The number of methoxy groups -OCH3 is 4. The molecule has 8 aromatic heterocycles. The third-order valence-electron chi connectivity index (χ3n) is 21.8. The lowest BCUT2D eigenvalue weighted by Crippen LogP contribution is -2.15. The number of aryl methyl sites for hydroxylation is 2. The minimum absolute atomic E-state index is 0.0281. The van der Waals surface area contributed by atoms with Gasteiger partial charge in [-0.2, -0.15) is 0 Å². The summed E-state index contributed by atoms with van der Waals surface area (Å²) in [7, 11) is 6.49. The maximum Gasteiger partial charge on any atom is 0.420 e. The van der Waals surface area contributed by atoms with E-state index in [-0.39, 0.29) is 29.5 Å². The minimum atomic E-state index is -0.517. The van der Waals surface area contributed by atoms with E-state index >= 15 is 0 Å². The van der Waals surface area contributed by atoms with Crippen molar-refractivity contribution in [3.05, 3.63) is 357 Å². The first-order chi connectivity index (χ1) is 60.0. The molecular weight excluding hydrogens is 1630 g/mol. The predicted molar refractivity (Wildman–Crippen MR) is 483 cm³/mol. The van der Waals surface area contributed by atoms with Crippen LogP contribution in [0.2, 0.25) is 0 Å². The summed E-state index contributed by atoms with van der Waals surface area (Å²) in [5.41, 5.74) is 18.1. The number of nitro groups is 1. The van der Waals surface area contributed by atoms with Crippen LogP contribution in [0, 0.1) is 10.1 Å². The molecule has 0 amide bonds. The van der Waals surface area contributed by atoms with Crippen molar-refractivity contribution in [2.75, 3.05) is 28.4 Å². The molecule has 123 heavy (non-hydrogen) atoms. The summed E-state index contributed by atoms with van der Waals surface area (Å²) in [5, 5.41) is 18.0. The number of para-hydroxylation sites is 6. The topological polar surface area (TPSA) is 292 Å². The summed E-state index contributed by atoms with van der Waals surface area (Å²) in [5.74, 6) is 1.12. The van der Waals surface area contributed by atoms with Gasteiger partial charge >= 0.3 is 28.8 Å². The minimum Gasteiger partial charge on any atom is -0.497 e. The van der Waals surface area contributed by atoms with Crippen LogP contribution in [0.15, 0.2) is 317 Å². The zero-order chi connectivity index (χ0) is 85.1. The zero-order valence-corrected chi connectivity index (χ0v) is 69.2. The Kier molecular flexibility index (Phi) is 22.5. The Morgan fingerprint density at radius 2 is 0.732 bits per heavy atom. The van der Waals surface area contributed by atoms with E-state index < -0.39 is 16.4 Å². The van der Waals surface area contributed by atoms with Crippen molar-refractivity contribution in [1.82, 2.24) is 37.4 Å². The Bertz CT molecular complexity index is 7840. The molecule has 2 N–H and O–H groups in total. The van der Waals surface area contributed by atoms with Crippen molar-refractivity contribution in [3.8, 4) is 34.1 Å². The van der Waals surface area contributed by atoms with Gasteiger partial charge in [-0.3, -0.25) is 33.4 Å². The molecule has 0 radical (unpaired) electrons. The number of aromatic nitrogens is 8. The molecule has 0 saturated carbocycles. The number of halogens is 1. The third kappa shape index (κ3) is 15.6. The molecule has 8 heterocycles. The quantitative estimate of drug-likeness (QED) is 0.0596. The molecule has 26 heteroatoms. The highest BCUT2D eigenvalue weighted by atomic mass is 79.9. The summed E-state index contributed by atoms with van der Waals surface area (Å²) in [6.45, 7) is 7.84. The number of ether oxygens (including phenoxy) is 4. The Balaban J connectivity index is 0.000000110. The molecule has 25 nitrogen and oxygen atoms in total. The summed E-state index contributed by atoms with van der Waals surface area (Å²) in [4.78, 5) is 78.5. The number of H-pyrrole nitrogens is 2. The van der Waals surface area contributed by atoms with Gasteiger partial charge in [0.15, 0.2) is 27.9 Å². The number of hydrogen-bond donors (Lipinski definition) is 2. The summed E-state index contributed by atoms with van der Waals surface area (Å²) in [6.07, 6.45) is 2.10. The number of rotatable bonds is 18. The second-order valence-electron chi connectivity index (χ2n) is 29.2. The van der Waals surface area contributed by atoms with Gasteiger partial charge in [0.05, 0.1) is 87.2 Å². The molecular formula is C97H80BrN9O16. The average molecular weight is 1710 g/mol. The van der Waals surface area contributed by atoms with Crippen LogP contribution in [-0.2, 0) is 39.3 Å². The van der Waals surface area contributed by atoms with Crippen molar-refractivity contribution < 1.29 is 46.0 Å². The normalized spacial score (nSPS) is 11.4. The summed E-state index contributed by atoms with van der Waals surface area (Å²) >= 11 is 3.46. The van der Waals surface area contributed by atoms with Crippen LogP contribution in [-0.4, -0.2) is 70.7 Å². The lowest BCUT2D eigenvalue weighted by Gasteiger charge is -2.09. The molecule has 13 aromatic carbocycles. The van der Waals surface area contributed by atoms with Crippen LogP contribution in [0.5, 0.6) is 23.0 Å². The van der Waals surface area contributed by atoms with E-state index in [2.05, 4.69) is 91.3 Å². The van der Waals surface area contributed by atoms with E-state index in [0.29, 0.717) is 69.9 Å². The van der Waals surface area contributed by atoms with Crippen LogP contribution >= 0.6 is 15.9 Å². The van der Waals surface area contributed by atoms with Gasteiger partial charge in [0.25, 0.3) is 5.69 Å². The first-order valence-corrected chi connectivity index (χ1v) is 40.6. The SMILES string of the molecule is CCCn1c2ccccc2c2c3[nH]c(=O)oc3ccc21.CCCn1c2ccccc2c2c3c(ccc21)oc(=O)n3Cc1ccc(OC)cc1.COc1ccc(Cn2c(=O)oc3ccc4[nH]c5ccccc5c4c32)cc1.COc1ccc(Cn2c(=O)oc3cccc(-c4ccccc4[N+](=O)[O-])c32)cc1.COc1ccc(Cn2c(=O)oc3cccc(Br)c32)cc1. The second-order valence-corrected chi connectivity index (χ2v) is 30.1. The second kappa shape index (κ2) is 34.6. The van der Waals surface area contributed by atoms with Gasteiger partial charge in [-0.1, -0.05) is 147 Å². The third-order valence-corrected chi connectivity index (χ3v) is 22.4. The van der Waals surface area contributed by atoms with Crippen molar-refractivity contribution >= 4 is 143 Å². The number of aromatic amines is 2. The van der Waals surface area contributed by atoms with Gasteiger partial charge in [-0.05, 0) is 178 Å². The summed E-state index contributed by atoms with van der Waals surface area (Å²) in [6, 6.07) is 83.9. The van der Waals surface area contributed by atoms with E-state index in [0.717, 1.165) is 146 Å². The van der Waals surface area contributed by atoms with Gasteiger partial charge in [-0.25, -0.2) is 24.0 Å². The van der Waals surface area contributed by atoms with Crippen LogP contribution in [0.3, 0.4) is 0 Å². The van der Waals surface area contributed by atoms with Gasteiger partial charge < -0.3 is 55.2 Å². The molecule has 0 aliphatic heterocycles. The average Bonchev–Trinajstić information content (AvgIpc) is 1.56. The fraction of sp³-hybridized carbons (Fsp3) is 0.144. The molecule has 0 fully saturated rings. The number of fused-ring (bicyclic) bond motifs is 17. The van der Waals surface area contributed by atoms with E-state index in [9.17, 15) is 34.1 Å². The van der Waals surface area contributed by atoms with Crippen LogP contribution < -0.4 is 47.7 Å². The fourth-order valence-corrected chi connectivity index (χ4v) is 16.7. The molecule has 0 atom stereocenters. The number of oxazole rings is 5. The molecule has 0 unspecified atom stereocenters. The van der Waals surface area contributed by atoms with Crippen LogP contribution in [0.25, 0.3) is 132 Å². The Labute approximate surface area is 706 Å². The van der Waals surface area contributed by atoms with Crippen LogP contribution in [0.1, 0.15) is 48.9 Å². The van der Waals surface area contributed by atoms with E-state index in [4.69, 9.17) is 41.0 Å². The Morgan fingerprint density at radius 1 is 0.341 bits per heavy atom. The van der Waals surface area contributed by atoms with E-state index in [1.54, 1.807) is 84.6 Å². The van der Waals surface area contributed by atoms with Crippen molar-refractivity contribution in [2.24, 2.45) is 0 Å². The predicted octanol–water partition coefficient (Wildman–Crippen LogP) is 20.7. The molecule has 0 bridgehead atoms. The van der Waals surface area contributed by atoms with Crippen molar-refractivity contribution in [1.29, 1.82) is 0 Å². The molecule has 0 aliphatic carbocycles. The standard InChI is InChI=1S/C24H22N2O3.C21H16N2O5.C21H16N2O3.C16H14N2O2.C15H12BrNO3/c1-3-14-25-19-7-5-4-6-18(19)22-20(25)12-13-21-23(22)26(24(27)29-21)15-16-8-10-17(28-2)11-9-16;1-27-15-11-9-14(10-12-15)13-22-20-17(6-4-8-19(20)28-21(22)24)16-5-2-3-7-18(16)23(25)26;1-25-14-8-6-13(7-9-14)12-23-20-18(26-21(23)24)11-10-17-19(20)15-4-2-3-5-16(15)22-17;1-2-9-18-11-6-4-3-5-10(11)14-12(18)7-8-13-15(14)17-16(19)20-13;1-19-11-7-5-10(6-8-11)9-17-14-12(16)3-2-4-13(14)20-15(17)18/h4-13H,3,14-15H2,1-2H3;2-12H,13H2,1H3;2-11,22H,12H2,1H3;3-8H,2,9H2,1H3,(H,17,19);2-8H,9H2,1H3. The first kappa shape index (κ1) is 80.1. The molecule has 21 rings (SSSR count). The molecule has 21 aromatic rings. The van der Waals surface area contributed by atoms with Gasteiger partial charge in [0.2, 0.25) is 0 Å². The number of benzene rings is 13. The van der Waals surface area contributed by atoms with Gasteiger partial charge in [0.1, 0.15) is 39.5 Å². The van der Waals surface area contributed by atoms with Crippen molar-refractivity contribution in [2.45, 2.75) is 66.0 Å². The number of nitrogens with one attached hydrogen (secondary N) is 2. The lowest BCUT2D eigenvalue weighted by molar-refractivity contribution is -0.384. The highest BCUT2D eigenvalue weighted by Crippen LogP contribution is 2.40. The van der Waals surface area contributed by atoms with Gasteiger partial charge in [0, 0.05) is 83.6 Å². The Morgan fingerprint density at radius 3 is 1.23 bits per heavy atom. The first-order valence-electron chi connectivity index (χ1n) is 39.8. The van der Waals surface area contributed by atoms with Crippen molar-refractivity contribution in [3.63, 3.8) is 0 Å². The monoisotopic (exact) mass is 1710 g/mol. The largest absolute Gasteiger partial charge is 0.497 e. The fourth-order valence-electron chi connectivity index (χ4n) is 16.2. The molecule has 616 valence electrons. The van der Waals surface area contributed by atoms with Gasteiger partial charge in [-0.15, -0.1) is 0 Å². The van der Waals surface area contributed by atoms with Crippen LogP contribution in [0.4, 0.5) is 5.69 Å². The maximum absolute atomic E-state index is 12.7. The van der Waals surface area contributed by atoms with E-state index in [1.807, 2.05) is 176 Å².